The van der Waals surface area contributed by atoms with Crippen molar-refractivity contribution < 1.29 is 9.53 Å². The molecule has 0 saturated carbocycles. The van der Waals surface area contributed by atoms with Gasteiger partial charge < -0.3 is 4.74 Å². The fourth-order valence-corrected chi connectivity index (χ4v) is 1.45. The van der Waals surface area contributed by atoms with Crippen LogP contribution in [0.25, 0.3) is 6.08 Å². The van der Waals surface area contributed by atoms with Gasteiger partial charge in [0, 0.05) is 5.56 Å². The topological polar surface area (TPSA) is 26.3 Å². The van der Waals surface area contributed by atoms with E-state index in [1.54, 1.807) is 12.4 Å². The maximum Gasteiger partial charge on any atom is 0.225 e. The van der Waals surface area contributed by atoms with Crippen LogP contribution in [0.15, 0.2) is 60.7 Å². The lowest BCUT2D eigenvalue weighted by Crippen LogP contribution is -1.86. The lowest BCUT2D eigenvalue weighted by Gasteiger charge is -2.08. The quantitative estimate of drug-likeness (QED) is 0.740. The zero-order valence-electron chi connectivity index (χ0n) is 9.17. The summed E-state index contributed by atoms with van der Waals surface area (Å²) < 4.78 is 5.73. The summed E-state index contributed by atoms with van der Waals surface area (Å²) in [6.07, 6.45) is 4.72. The van der Waals surface area contributed by atoms with Crippen molar-refractivity contribution in [1.29, 1.82) is 0 Å². The first-order valence-corrected chi connectivity index (χ1v) is 5.26. The molecule has 17 heavy (non-hydrogen) atoms. The van der Waals surface area contributed by atoms with Gasteiger partial charge in [0.05, 0.1) is 0 Å². The molecule has 0 aliphatic heterocycles. The van der Waals surface area contributed by atoms with Gasteiger partial charge in [-0.2, -0.15) is 0 Å². The van der Waals surface area contributed by atoms with Gasteiger partial charge in [0.1, 0.15) is 11.5 Å². The molecule has 2 rings (SSSR count). The van der Waals surface area contributed by atoms with Gasteiger partial charge in [-0.25, -0.2) is 0 Å². The van der Waals surface area contributed by atoms with Gasteiger partial charge in [0.15, 0.2) is 0 Å². The Hall–Kier alpha value is -2.35. The molecule has 0 fully saturated rings. The number of allylic oxidation sites excluding steroid dienone is 1. The van der Waals surface area contributed by atoms with Crippen molar-refractivity contribution in [3.05, 3.63) is 66.2 Å². The maximum absolute atomic E-state index is 10.2. The fourth-order valence-electron chi connectivity index (χ4n) is 1.45. The highest BCUT2D eigenvalue weighted by atomic mass is 16.5. The van der Waals surface area contributed by atoms with Crippen LogP contribution in [0.1, 0.15) is 5.56 Å². The van der Waals surface area contributed by atoms with Gasteiger partial charge in [0.2, 0.25) is 6.29 Å². The molecule has 0 atom stereocenters. The fraction of sp³-hybridized carbons (Fsp3) is 0. The van der Waals surface area contributed by atoms with Crippen LogP contribution >= 0.6 is 0 Å². The number of carbonyl (C=O) groups excluding carboxylic acids is 1. The molecular formula is C15H11O2. The predicted molar refractivity (Wildman–Crippen MR) is 67.7 cm³/mol. The minimum absolute atomic E-state index is 0.713. The summed E-state index contributed by atoms with van der Waals surface area (Å²) in [4.78, 5) is 10.2. The first kappa shape index (κ1) is 11.1. The maximum atomic E-state index is 10.2. The molecule has 2 aromatic carbocycles. The van der Waals surface area contributed by atoms with Crippen molar-refractivity contribution in [3.8, 4) is 11.5 Å². The summed E-state index contributed by atoms with van der Waals surface area (Å²) in [5, 5.41) is 0. The van der Waals surface area contributed by atoms with E-state index >= 15 is 0 Å². The van der Waals surface area contributed by atoms with E-state index in [0.717, 1.165) is 11.3 Å². The van der Waals surface area contributed by atoms with Crippen molar-refractivity contribution in [3.63, 3.8) is 0 Å². The Morgan fingerprint density at radius 2 is 1.65 bits per heavy atom. The Balaban J connectivity index is 2.26. The number of rotatable bonds is 4. The Bertz CT molecular complexity index is 515. The second-order valence-electron chi connectivity index (χ2n) is 3.40. The molecule has 2 nitrogen and oxygen atoms in total. The molecule has 0 spiro atoms. The second-order valence-corrected chi connectivity index (χ2v) is 3.40. The summed E-state index contributed by atoms with van der Waals surface area (Å²) in [7, 11) is 0. The minimum Gasteiger partial charge on any atom is -0.457 e. The average Bonchev–Trinajstić information content (AvgIpc) is 2.39. The van der Waals surface area contributed by atoms with Gasteiger partial charge in [-0.15, -0.1) is 0 Å². The van der Waals surface area contributed by atoms with Crippen LogP contribution in [-0.2, 0) is 4.79 Å². The third-order valence-corrected chi connectivity index (χ3v) is 2.22. The summed E-state index contributed by atoms with van der Waals surface area (Å²) >= 11 is 0. The molecule has 83 valence electrons. The van der Waals surface area contributed by atoms with E-state index in [1.807, 2.05) is 54.6 Å². The van der Waals surface area contributed by atoms with Gasteiger partial charge in [-0.3, -0.25) is 4.79 Å². The highest BCUT2D eigenvalue weighted by molar-refractivity contribution is 5.75. The zero-order valence-corrected chi connectivity index (χ0v) is 9.17. The van der Waals surface area contributed by atoms with E-state index in [4.69, 9.17) is 4.74 Å². The van der Waals surface area contributed by atoms with Crippen LogP contribution in [0.2, 0.25) is 0 Å². The van der Waals surface area contributed by atoms with Crippen LogP contribution in [0, 0.1) is 0 Å². The molecule has 0 heterocycles. The molecule has 0 unspecified atom stereocenters. The lowest BCUT2D eigenvalue weighted by molar-refractivity contribution is 0.481. The average molecular weight is 223 g/mol. The molecule has 0 N–H and O–H groups in total. The zero-order chi connectivity index (χ0) is 11.9. The first-order chi connectivity index (χ1) is 8.40. The molecule has 0 aromatic heterocycles. The number of ether oxygens (including phenoxy) is 1. The molecule has 1 radical (unpaired) electrons. The third-order valence-electron chi connectivity index (χ3n) is 2.22. The number of benzene rings is 2. The van der Waals surface area contributed by atoms with E-state index in [0.29, 0.717) is 5.75 Å². The van der Waals surface area contributed by atoms with Crippen LogP contribution < -0.4 is 4.74 Å². The molecule has 0 saturated heterocycles. The Kier molecular flexibility index (Phi) is 3.71. The number of hydrogen-bond acceptors (Lipinski definition) is 2. The van der Waals surface area contributed by atoms with Gasteiger partial charge in [-0.05, 0) is 30.4 Å². The molecule has 2 heteroatoms. The summed E-state index contributed by atoms with van der Waals surface area (Å²) in [5.41, 5.74) is 0.847. The van der Waals surface area contributed by atoms with Crippen LogP contribution in [0.4, 0.5) is 0 Å². The molecule has 0 amide bonds. The van der Waals surface area contributed by atoms with E-state index in [9.17, 15) is 4.79 Å². The van der Waals surface area contributed by atoms with Gasteiger partial charge >= 0.3 is 0 Å². The van der Waals surface area contributed by atoms with E-state index in [1.165, 1.54) is 6.08 Å². The second kappa shape index (κ2) is 5.66. The highest BCUT2D eigenvalue weighted by Gasteiger charge is 2.00. The summed E-state index contributed by atoms with van der Waals surface area (Å²) in [5.74, 6) is 1.48. The van der Waals surface area contributed by atoms with Gasteiger partial charge in [0.25, 0.3) is 0 Å². The van der Waals surface area contributed by atoms with Crippen molar-refractivity contribution in [2.45, 2.75) is 0 Å². The smallest absolute Gasteiger partial charge is 0.225 e. The third kappa shape index (κ3) is 3.05. The van der Waals surface area contributed by atoms with Crippen molar-refractivity contribution >= 4 is 12.4 Å². The van der Waals surface area contributed by atoms with E-state index in [-0.39, 0.29) is 0 Å². The summed E-state index contributed by atoms with van der Waals surface area (Å²) in [6.45, 7) is 0. The highest BCUT2D eigenvalue weighted by Crippen LogP contribution is 2.25. The lowest BCUT2D eigenvalue weighted by atomic mass is 10.2. The minimum atomic E-state index is 0.713. The molecule has 0 aliphatic rings. The predicted octanol–water partition coefficient (Wildman–Crippen LogP) is 3.60. The normalized spacial score (nSPS) is 10.4. The van der Waals surface area contributed by atoms with E-state index in [2.05, 4.69) is 0 Å². The number of hydrogen-bond donors (Lipinski definition) is 0. The van der Waals surface area contributed by atoms with E-state index < -0.39 is 0 Å². The Morgan fingerprint density at radius 3 is 2.41 bits per heavy atom. The van der Waals surface area contributed by atoms with Gasteiger partial charge in [-0.1, -0.05) is 36.4 Å². The Labute approximate surface area is 100 Å². The molecule has 2 aromatic rings. The molecular weight excluding hydrogens is 212 g/mol. The Morgan fingerprint density at radius 1 is 0.941 bits per heavy atom. The van der Waals surface area contributed by atoms with Crippen LogP contribution in [-0.4, -0.2) is 6.29 Å². The van der Waals surface area contributed by atoms with Crippen molar-refractivity contribution in [2.75, 3.05) is 0 Å². The largest absolute Gasteiger partial charge is 0.457 e. The first-order valence-electron chi connectivity index (χ1n) is 5.26. The molecule has 0 bridgehead atoms. The molecule has 0 aliphatic carbocycles. The number of para-hydroxylation sites is 2. The SMILES string of the molecule is O=[C]C=Cc1ccccc1Oc1ccccc1. The summed E-state index contributed by atoms with van der Waals surface area (Å²) in [6, 6.07) is 17.0. The van der Waals surface area contributed by atoms with Crippen LogP contribution in [0.3, 0.4) is 0 Å². The monoisotopic (exact) mass is 223 g/mol. The van der Waals surface area contributed by atoms with Crippen molar-refractivity contribution in [2.24, 2.45) is 0 Å². The van der Waals surface area contributed by atoms with Crippen molar-refractivity contribution in [1.82, 2.24) is 0 Å². The standard InChI is InChI=1S/C15H11O2/c16-12-6-8-13-7-4-5-11-15(13)17-14-9-2-1-3-10-14/h1-11H. The van der Waals surface area contributed by atoms with Crippen LogP contribution in [0.5, 0.6) is 11.5 Å².